The molecule has 0 aromatic heterocycles. The molecule has 2 amide bonds. The SMILES string of the molecule is CNCCC(=O)Nc1ccccc1CN1CCCC(C(N)=O)C1.Cl.Cl. The summed E-state index contributed by atoms with van der Waals surface area (Å²) in [5.74, 6) is -0.287. The maximum Gasteiger partial charge on any atom is 0.225 e. The van der Waals surface area contributed by atoms with Crippen LogP contribution >= 0.6 is 24.8 Å². The van der Waals surface area contributed by atoms with Crippen LogP contribution in [-0.2, 0) is 16.1 Å². The minimum Gasteiger partial charge on any atom is -0.369 e. The molecule has 4 N–H and O–H groups in total. The second-order valence-electron chi connectivity index (χ2n) is 6.04. The highest BCUT2D eigenvalue weighted by molar-refractivity contribution is 5.91. The third kappa shape index (κ3) is 7.61. The number of para-hydroxylation sites is 1. The van der Waals surface area contributed by atoms with E-state index in [9.17, 15) is 9.59 Å². The van der Waals surface area contributed by atoms with Crippen LogP contribution in [0.15, 0.2) is 24.3 Å². The number of halogens is 2. The molecule has 2 rings (SSSR count). The van der Waals surface area contributed by atoms with E-state index in [0.29, 0.717) is 26.1 Å². The van der Waals surface area contributed by atoms with Crippen molar-refractivity contribution in [2.45, 2.75) is 25.8 Å². The largest absolute Gasteiger partial charge is 0.369 e. The van der Waals surface area contributed by atoms with Crippen molar-refractivity contribution in [1.29, 1.82) is 0 Å². The molecular formula is C17H28Cl2N4O2. The Bertz CT molecular complexity index is 557. The molecule has 6 nitrogen and oxygen atoms in total. The third-order valence-corrected chi connectivity index (χ3v) is 4.20. The summed E-state index contributed by atoms with van der Waals surface area (Å²) >= 11 is 0. The van der Waals surface area contributed by atoms with Crippen LogP contribution in [0.4, 0.5) is 5.69 Å². The Morgan fingerprint density at radius 1 is 1.28 bits per heavy atom. The lowest BCUT2D eigenvalue weighted by Crippen LogP contribution is -2.40. The maximum absolute atomic E-state index is 11.9. The van der Waals surface area contributed by atoms with Gasteiger partial charge in [-0.3, -0.25) is 14.5 Å². The summed E-state index contributed by atoms with van der Waals surface area (Å²) in [4.78, 5) is 25.6. The lowest BCUT2D eigenvalue weighted by atomic mass is 9.97. The summed E-state index contributed by atoms with van der Waals surface area (Å²) in [6.07, 6.45) is 2.29. The first-order valence-corrected chi connectivity index (χ1v) is 8.14. The van der Waals surface area contributed by atoms with Crippen molar-refractivity contribution in [3.63, 3.8) is 0 Å². The number of primary amides is 1. The van der Waals surface area contributed by atoms with Gasteiger partial charge in [0.05, 0.1) is 5.92 Å². The molecule has 142 valence electrons. The van der Waals surface area contributed by atoms with Crippen molar-refractivity contribution >= 4 is 42.3 Å². The summed E-state index contributed by atoms with van der Waals surface area (Å²) in [6, 6.07) is 7.82. The van der Waals surface area contributed by atoms with Crippen molar-refractivity contribution < 1.29 is 9.59 Å². The van der Waals surface area contributed by atoms with Crippen LogP contribution in [0.3, 0.4) is 0 Å². The van der Waals surface area contributed by atoms with E-state index in [1.165, 1.54) is 0 Å². The molecule has 25 heavy (non-hydrogen) atoms. The number of piperidine rings is 1. The Kier molecular flexibility index (Phi) is 11.4. The zero-order valence-electron chi connectivity index (χ0n) is 14.5. The van der Waals surface area contributed by atoms with Crippen molar-refractivity contribution in [2.24, 2.45) is 11.7 Å². The number of hydrogen-bond donors (Lipinski definition) is 3. The minimum atomic E-state index is -0.219. The van der Waals surface area contributed by atoms with E-state index in [0.717, 1.165) is 30.6 Å². The summed E-state index contributed by atoms with van der Waals surface area (Å²) in [5.41, 5.74) is 7.34. The van der Waals surface area contributed by atoms with Gasteiger partial charge < -0.3 is 16.4 Å². The number of likely N-dealkylation sites (tertiary alicyclic amines) is 1. The van der Waals surface area contributed by atoms with Gasteiger partial charge in [0, 0.05) is 31.7 Å². The number of anilines is 1. The molecule has 1 unspecified atom stereocenters. The topological polar surface area (TPSA) is 87.5 Å². The van der Waals surface area contributed by atoms with Gasteiger partial charge in [0.1, 0.15) is 0 Å². The fourth-order valence-electron chi connectivity index (χ4n) is 2.90. The number of amides is 2. The molecule has 1 aromatic rings. The standard InChI is InChI=1S/C17H26N4O2.2ClH/c1-19-9-8-16(22)20-15-7-3-2-5-13(15)11-21-10-4-6-14(12-21)17(18)23;;/h2-3,5,7,14,19H,4,6,8-12H2,1H3,(H2,18,23)(H,20,22);2*1H. The highest BCUT2D eigenvalue weighted by atomic mass is 35.5. The van der Waals surface area contributed by atoms with Gasteiger partial charge in [0.25, 0.3) is 0 Å². The van der Waals surface area contributed by atoms with Gasteiger partial charge in [0.15, 0.2) is 0 Å². The molecule has 1 saturated heterocycles. The van der Waals surface area contributed by atoms with E-state index in [1.54, 1.807) is 0 Å². The molecule has 8 heteroatoms. The first-order valence-electron chi connectivity index (χ1n) is 8.14. The van der Waals surface area contributed by atoms with Gasteiger partial charge in [-0.2, -0.15) is 0 Å². The molecular weight excluding hydrogens is 363 g/mol. The van der Waals surface area contributed by atoms with E-state index in [2.05, 4.69) is 15.5 Å². The predicted octanol–water partition coefficient (Wildman–Crippen LogP) is 1.78. The second-order valence-corrected chi connectivity index (χ2v) is 6.04. The van der Waals surface area contributed by atoms with Gasteiger partial charge in [-0.15, -0.1) is 24.8 Å². The Morgan fingerprint density at radius 2 is 2.00 bits per heavy atom. The average molecular weight is 391 g/mol. The fourth-order valence-corrected chi connectivity index (χ4v) is 2.90. The molecule has 0 radical (unpaired) electrons. The molecule has 1 fully saturated rings. The average Bonchev–Trinajstić information content (AvgIpc) is 2.55. The molecule has 1 aromatic carbocycles. The lowest BCUT2D eigenvalue weighted by molar-refractivity contribution is -0.123. The van der Waals surface area contributed by atoms with E-state index in [4.69, 9.17) is 5.73 Å². The zero-order chi connectivity index (χ0) is 16.7. The Morgan fingerprint density at radius 3 is 2.68 bits per heavy atom. The Hall–Kier alpha value is -1.34. The first-order chi connectivity index (χ1) is 11.1. The molecule has 0 spiro atoms. The van der Waals surface area contributed by atoms with Crippen molar-refractivity contribution in [3.8, 4) is 0 Å². The normalized spacial score (nSPS) is 17.1. The summed E-state index contributed by atoms with van der Waals surface area (Å²) in [6.45, 7) is 3.01. The number of benzene rings is 1. The molecule has 1 aliphatic rings. The van der Waals surface area contributed by atoms with Gasteiger partial charge in [0.2, 0.25) is 11.8 Å². The molecule has 0 aliphatic carbocycles. The molecule has 1 aliphatic heterocycles. The molecule has 1 heterocycles. The Balaban J connectivity index is 0.00000288. The number of nitrogens with two attached hydrogens (primary N) is 1. The number of nitrogens with zero attached hydrogens (tertiary/aromatic N) is 1. The highest BCUT2D eigenvalue weighted by Gasteiger charge is 2.24. The minimum absolute atomic E-state index is 0. The van der Waals surface area contributed by atoms with E-state index < -0.39 is 0 Å². The van der Waals surface area contributed by atoms with Crippen LogP contribution in [0.2, 0.25) is 0 Å². The van der Waals surface area contributed by atoms with Crippen LogP contribution in [0.1, 0.15) is 24.8 Å². The number of hydrogen-bond acceptors (Lipinski definition) is 4. The van der Waals surface area contributed by atoms with E-state index in [1.807, 2.05) is 31.3 Å². The molecule has 0 bridgehead atoms. The zero-order valence-corrected chi connectivity index (χ0v) is 16.1. The van der Waals surface area contributed by atoms with Crippen molar-refractivity contribution in [1.82, 2.24) is 10.2 Å². The summed E-state index contributed by atoms with van der Waals surface area (Å²) in [7, 11) is 1.83. The summed E-state index contributed by atoms with van der Waals surface area (Å²) < 4.78 is 0. The highest BCUT2D eigenvalue weighted by Crippen LogP contribution is 2.22. The van der Waals surface area contributed by atoms with E-state index in [-0.39, 0.29) is 42.5 Å². The van der Waals surface area contributed by atoms with Gasteiger partial charge in [-0.25, -0.2) is 0 Å². The van der Waals surface area contributed by atoms with Gasteiger partial charge >= 0.3 is 0 Å². The quantitative estimate of drug-likeness (QED) is 0.661. The lowest BCUT2D eigenvalue weighted by Gasteiger charge is -2.31. The second kappa shape index (κ2) is 12.1. The molecule has 1 atom stereocenters. The first kappa shape index (κ1) is 23.7. The monoisotopic (exact) mass is 390 g/mol. The number of nitrogens with one attached hydrogen (secondary N) is 2. The fraction of sp³-hybridized carbons (Fsp3) is 0.529. The molecule has 0 saturated carbocycles. The number of carbonyl (C=O) groups excluding carboxylic acids is 2. The smallest absolute Gasteiger partial charge is 0.225 e. The Labute approximate surface area is 161 Å². The van der Waals surface area contributed by atoms with Crippen LogP contribution in [-0.4, -0.2) is 43.4 Å². The number of rotatable bonds is 7. The van der Waals surface area contributed by atoms with Crippen LogP contribution in [0.5, 0.6) is 0 Å². The van der Waals surface area contributed by atoms with Crippen LogP contribution in [0.25, 0.3) is 0 Å². The van der Waals surface area contributed by atoms with Crippen molar-refractivity contribution in [3.05, 3.63) is 29.8 Å². The van der Waals surface area contributed by atoms with Gasteiger partial charge in [-0.05, 0) is 38.1 Å². The van der Waals surface area contributed by atoms with Crippen LogP contribution < -0.4 is 16.4 Å². The number of carbonyl (C=O) groups is 2. The van der Waals surface area contributed by atoms with E-state index >= 15 is 0 Å². The summed E-state index contributed by atoms with van der Waals surface area (Å²) in [5, 5.41) is 5.94. The van der Waals surface area contributed by atoms with Crippen LogP contribution in [0, 0.1) is 5.92 Å². The van der Waals surface area contributed by atoms with Crippen molar-refractivity contribution in [2.75, 3.05) is 32.0 Å². The maximum atomic E-state index is 11.9. The van der Waals surface area contributed by atoms with Gasteiger partial charge in [-0.1, -0.05) is 18.2 Å². The predicted molar refractivity (Wildman–Crippen MR) is 105 cm³/mol. The third-order valence-electron chi connectivity index (χ3n) is 4.20.